The van der Waals surface area contributed by atoms with Gasteiger partial charge in [-0.3, -0.25) is 0 Å². The minimum absolute atomic E-state index is 0.569. The summed E-state index contributed by atoms with van der Waals surface area (Å²) in [5, 5.41) is 4.77. The van der Waals surface area contributed by atoms with E-state index in [1.807, 2.05) is 30.3 Å². The molecule has 0 saturated heterocycles. The number of hydrogen-bond acceptors (Lipinski definition) is 4. The maximum absolute atomic E-state index is 6.06. The molecule has 2 heterocycles. The van der Waals surface area contributed by atoms with Gasteiger partial charge in [0.05, 0.1) is 13.7 Å². The molecule has 21 heavy (non-hydrogen) atoms. The molecule has 2 aromatic heterocycles. The Hall–Kier alpha value is -2.40. The molecule has 0 fully saturated rings. The molecule has 0 unspecified atom stereocenters. The lowest BCUT2D eigenvalue weighted by molar-refractivity contribution is 0.399. The van der Waals surface area contributed by atoms with E-state index < -0.39 is 0 Å². The first-order valence-electron chi connectivity index (χ1n) is 6.37. The van der Waals surface area contributed by atoms with Crippen molar-refractivity contribution in [2.75, 3.05) is 7.11 Å². The van der Waals surface area contributed by atoms with Crippen LogP contribution in [0.1, 0.15) is 5.56 Å². The molecule has 0 N–H and O–H groups in total. The van der Waals surface area contributed by atoms with E-state index in [0.29, 0.717) is 17.4 Å². The van der Waals surface area contributed by atoms with Crippen LogP contribution in [0.25, 0.3) is 11.1 Å². The second-order valence-electron chi connectivity index (χ2n) is 4.50. The molecule has 0 amide bonds. The average Bonchev–Trinajstić information content (AvgIpc) is 3.00. The number of rotatable bonds is 4. The van der Waals surface area contributed by atoms with Gasteiger partial charge in [0.2, 0.25) is 5.88 Å². The van der Waals surface area contributed by atoms with Crippen LogP contribution in [0.5, 0.6) is 5.88 Å². The van der Waals surface area contributed by atoms with Crippen LogP contribution in [0, 0.1) is 0 Å². The molecule has 0 bridgehead atoms. The molecular formula is C15H13ClN4O. The molecule has 3 aromatic rings. The minimum atomic E-state index is 0.569. The van der Waals surface area contributed by atoms with E-state index in [1.165, 1.54) is 6.33 Å². The van der Waals surface area contributed by atoms with Gasteiger partial charge in [-0.15, -0.1) is 0 Å². The lowest BCUT2D eigenvalue weighted by atomic mass is 10.1. The van der Waals surface area contributed by atoms with Gasteiger partial charge in [0.1, 0.15) is 12.7 Å². The zero-order valence-corrected chi connectivity index (χ0v) is 12.2. The predicted octanol–water partition coefficient (Wildman–Crippen LogP) is 3.05. The first-order valence-corrected chi connectivity index (χ1v) is 6.75. The van der Waals surface area contributed by atoms with E-state index in [4.69, 9.17) is 16.3 Å². The van der Waals surface area contributed by atoms with Crippen LogP contribution in [0.4, 0.5) is 0 Å². The van der Waals surface area contributed by atoms with Crippen molar-refractivity contribution < 1.29 is 4.74 Å². The third-order valence-electron chi connectivity index (χ3n) is 3.05. The number of methoxy groups -OCH3 is 1. The zero-order chi connectivity index (χ0) is 14.7. The molecule has 0 saturated carbocycles. The number of pyridine rings is 1. The number of ether oxygens (including phenoxy) is 1. The zero-order valence-electron chi connectivity index (χ0n) is 11.4. The van der Waals surface area contributed by atoms with Gasteiger partial charge in [-0.1, -0.05) is 23.7 Å². The molecule has 3 rings (SSSR count). The second kappa shape index (κ2) is 5.93. The molecule has 5 nitrogen and oxygen atoms in total. The van der Waals surface area contributed by atoms with Gasteiger partial charge in [0, 0.05) is 16.8 Å². The number of nitrogens with zero attached hydrogens (tertiary/aromatic N) is 4. The highest BCUT2D eigenvalue weighted by molar-refractivity contribution is 6.30. The molecular weight excluding hydrogens is 288 g/mol. The summed E-state index contributed by atoms with van der Waals surface area (Å²) in [4.78, 5) is 8.29. The van der Waals surface area contributed by atoms with E-state index in [9.17, 15) is 0 Å². The topological polar surface area (TPSA) is 52.8 Å². The number of benzene rings is 1. The van der Waals surface area contributed by atoms with Crippen LogP contribution in [0.3, 0.4) is 0 Å². The summed E-state index contributed by atoms with van der Waals surface area (Å²) in [6, 6.07) is 9.63. The summed E-state index contributed by atoms with van der Waals surface area (Å²) < 4.78 is 7.08. The number of hydrogen-bond donors (Lipinski definition) is 0. The van der Waals surface area contributed by atoms with Crippen molar-refractivity contribution in [3.05, 3.63) is 59.8 Å². The van der Waals surface area contributed by atoms with Crippen LogP contribution >= 0.6 is 11.6 Å². The quantitative estimate of drug-likeness (QED) is 0.743. The SMILES string of the molecule is COc1ncc(Cn2cncn2)cc1-c1cccc(Cl)c1. The summed E-state index contributed by atoms with van der Waals surface area (Å²) in [5.74, 6) is 0.569. The smallest absolute Gasteiger partial charge is 0.221 e. The van der Waals surface area contributed by atoms with Crippen molar-refractivity contribution in [2.45, 2.75) is 6.54 Å². The summed E-state index contributed by atoms with van der Waals surface area (Å²) >= 11 is 6.06. The van der Waals surface area contributed by atoms with Crippen LogP contribution in [0.15, 0.2) is 49.2 Å². The third kappa shape index (κ3) is 3.03. The largest absolute Gasteiger partial charge is 0.481 e. The molecule has 0 aliphatic rings. The van der Waals surface area contributed by atoms with Crippen molar-refractivity contribution in [1.82, 2.24) is 19.7 Å². The van der Waals surface area contributed by atoms with E-state index in [2.05, 4.69) is 15.1 Å². The normalized spacial score (nSPS) is 10.6. The maximum atomic E-state index is 6.06. The Labute approximate surface area is 127 Å². The molecule has 6 heteroatoms. The van der Waals surface area contributed by atoms with Gasteiger partial charge in [-0.2, -0.15) is 5.10 Å². The lowest BCUT2D eigenvalue weighted by Crippen LogP contribution is -2.02. The van der Waals surface area contributed by atoms with E-state index in [1.54, 1.807) is 24.3 Å². The molecule has 106 valence electrons. The molecule has 0 aliphatic carbocycles. The first kappa shape index (κ1) is 13.6. The highest BCUT2D eigenvalue weighted by Crippen LogP contribution is 2.30. The Morgan fingerprint density at radius 1 is 1.29 bits per heavy atom. The van der Waals surface area contributed by atoms with Gasteiger partial charge in [-0.25, -0.2) is 14.6 Å². The van der Waals surface area contributed by atoms with Crippen molar-refractivity contribution in [3.63, 3.8) is 0 Å². The number of aromatic nitrogens is 4. The standard InChI is InChI=1S/C15H13ClN4O/c1-21-15-14(12-3-2-4-13(16)6-12)5-11(7-18-15)8-20-10-17-9-19-20/h2-7,9-10H,8H2,1H3. The predicted molar refractivity (Wildman–Crippen MR) is 80.4 cm³/mol. The molecule has 0 atom stereocenters. The van der Waals surface area contributed by atoms with E-state index in [-0.39, 0.29) is 0 Å². The lowest BCUT2D eigenvalue weighted by Gasteiger charge is -2.10. The van der Waals surface area contributed by atoms with E-state index >= 15 is 0 Å². The van der Waals surface area contributed by atoms with Crippen LogP contribution < -0.4 is 4.74 Å². The fourth-order valence-electron chi connectivity index (χ4n) is 2.11. The molecule has 1 aromatic carbocycles. The van der Waals surface area contributed by atoms with Crippen molar-refractivity contribution in [2.24, 2.45) is 0 Å². The summed E-state index contributed by atoms with van der Waals surface area (Å²) in [6.07, 6.45) is 4.95. The molecule has 0 spiro atoms. The first-order chi connectivity index (χ1) is 10.3. The monoisotopic (exact) mass is 300 g/mol. The van der Waals surface area contributed by atoms with Gasteiger partial charge in [0.15, 0.2) is 0 Å². The van der Waals surface area contributed by atoms with Gasteiger partial charge >= 0.3 is 0 Å². The maximum Gasteiger partial charge on any atom is 0.221 e. The van der Waals surface area contributed by atoms with Crippen molar-refractivity contribution in [1.29, 1.82) is 0 Å². The Kier molecular flexibility index (Phi) is 3.83. The van der Waals surface area contributed by atoms with Gasteiger partial charge in [-0.05, 0) is 29.3 Å². The number of halogens is 1. The summed E-state index contributed by atoms with van der Waals surface area (Å²) in [6.45, 7) is 0.602. The second-order valence-corrected chi connectivity index (χ2v) is 4.94. The summed E-state index contributed by atoms with van der Waals surface area (Å²) in [7, 11) is 1.60. The van der Waals surface area contributed by atoms with Gasteiger partial charge in [0.25, 0.3) is 0 Å². The molecule has 0 aliphatic heterocycles. The van der Waals surface area contributed by atoms with E-state index in [0.717, 1.165) is 16.7 Å². The summed E-state index contributed by atoms with van der Waals surface area (Å²) in [5.41, 5.74) is 2.88. The minimum Gasteiger partial charge on any atom is -0.481 e. The highest BCUT2D eigenvalue weighted by atomic mass is 35.5. The van der Waals surface area contributed by atoms with Crippen LogP contribution in [-0.2, 0) is 6.54 Å². The molecule has 0 radical (unpaired) electrons. The highest BCUT2D eigenvalue weighted by Gasteiger charge is 2.09. The Morgan fingerprint density at radius 2 is 2.19 bits per heavy atom. The Balaban J connectivity index is 2.01. The van der Waals surface area contributed by atoms with Gasteiger partial charge < -0.3 is 4.74 Å². The fourth-order valence-corrected chi connectivity index (χ4v) is 2.30. The van der Waals surface area contributed by atoms with Crippen LogP contribution in [0.2, 0.25) is 5.02 Å². The Morgan fingerprint density at radius 3 is 2.90 bits per heavy atom. The van der Waals surface area contributed by atoms with Crippen molar-refractivity contribution >= 4 is 11.6 Å². The Bertz CT molecular complexity index is 743. The fraction of sp³-hybridized carbons (Fsp3) is 0.133. The third-order valence-corrected chi connectivity index (χ3v) is 3.28. The average molecular weight is 301 g/mol. The van der Waals surface area contributed by atoms with Crippen LogP contribution in [-0.4, -0.2) is 26.9 Å². The van der Waals surface area contributed by atoms with Crippen molar-refractivity contribution in [3.8, 4) is 17.0 Å².